The van der Waals surface area contributed by atoms with Crippen LogP contribution in [0.2, 0.25) is 5.02 Å². The highest BCUT2D eigenvalue weighted by atomic mass is 35.5. The zero-order valence-corrected chi connectivity index (χ0v) is 21.9. The van der Waals surface area contributed by atoms with Gasteiger partial charge in [-0.3, -0.25) is 9.59 Å². The van der Waals surface area contributed by atoms with Crippen molar-refractivity contribution in [3.05, 3.63) is 69.8 Å². The summed E-state index contributed by atoms with van der Waals surface area (Å²) in [7, 11) is 1.51. The van der Waals surface area contributed by atoms with Gasteiger partial charge in [0.05, 0.1) is 23.7 Å². The summed E-state index contributed by atoms with van der Waals surface area (Å²) in [5.74, 6) is -0.706. The van der Waals surface area contributed by atoms with E-state index in [0.29, 0.717) is 28.8 Å². The molecule has 1 fully saturated rings. The van der Waals surface area contributed by atoms with Gasteiger partial charge in [0.15, 0.2) is 0 Å². The third-order valence-corrected chi connectivity index (χ3v) is 6.95. The summed E-state index contributed by atoms with van der Waals surface area (Å²) >= 11 is 6.27. The van der Waals surface area contributed by atoms with Gasteiger partial charge in [-0.15, -0.1) is 0 Å². The lowest BCUT2D eigenvalue weighted by Crippen LogP contribution is -2.33. The summed E-state index contributed by atoms with van der Waals surface area (Å²) in [5.41, 5.74) is 2.39. The van der Waals surface area contributed by atoms with Crippen LogP contribution in [0.5, 0.6) is 5.75 Å². The van der Waals surface area contributed by atoms with Crippen LogP contribution in [0.15, 0.2) is 48.0 Å². The molecule has 0 radical (unpaired) electrons. The van der Waals surface area contributed by atoms with E-state index in [-0.39, 0.29) is 11.3 Å². The molecule has 0 aliphatic carbocycles. The molecule has 2 aromatic carbocycles. The van der Waals surface area contributed by atoms with Gasteiger partial charge in [0.2, 0.25) is 0 Å². The molecule has 188 valence electrons. The number of rotatable bonds is 10. The first-order chi connectivity index (χ1) is 16.7. The maximum absolute atomic E-state index is 13.2. The maximum Gasteiger partial charge on any atom is 0.295 e. The summed E-state index contributed by atoms with van der Waals surface area (Å²) in [4.78, 5) is 30.3. The molecular weight excluding hydrogens is 464 g/mol. The second-order valence-electron chi connectivity index (χ2n) is 9.04. The van der Waals surface area contributed by atoms with Crippen LogP contribution in [0, 0.1) is 0 Å². The number of aliphatic hydroxyl groups excluding tert-OH is 1. The van der Waals surface area contributed by atoms with Crippen LogP contribution in [-0.2, 0) is 9.59 Å². The third-order valence-electron chi connectivity index (χ3n) is 6.65. The highest BCUT2D eigenvalue weighted by Crippen LogP contribution is 2.40. The van der Waals surface area contributed by atoms with Crippen molar-refractivity contribution in [1.82, 2.24) is 9.80 Å². The normalized spacial score (nSPS) is 17.6. The monoisotopic (exact) mass is 498 g/mol. The fraction of sp³-hybridized carbons (Fsp3) is 0.429. The van der Waals surface area contributed by atoms with Crippen molar-refractivity contribution in [3.8, 4) is 5.75 Å². The molecule has 1 saturated heterocycles. The average molecular weight is 499 g/mol. The largest absolute Gasteiger partial charge is 0.507 e. The molecule has 6 nitrogen and oxygen atoms in total. The number of likely N-dealkylation sites (tertiary alicyclic amines) is 1. The van der Waals surface area contributed by atoms with Crippen molar-refractivity contribution in [1.29, 1.82) is 0 Å². The number of hydrogen-bond acceptors (Lipinski definition) is 5. The lowest BCUT2D eigenvalue weighted by atomic mass is 9.93. The van der Waals surface area contributed by atoms with Gasteiger partial charge in [-0.25, -0.2) is 0 Å². The van der Waals surface area contributed by atoms with Crippen molar-refractivity contribution in [2.24, 2.45) is 0 Å². The predicted molar refractivity (Wildman–Crippen MR) is 140 cm³/mol. The predicted octanol–water partition coefficient (Wildman–Crippen LogP) is 5.63. The zero-order valence-electron chi connectivity index (χ0n) is 21.2. The highest BCUT2D eigenvalue weighted by Gasteiger charge is 2.45. The van der Waals surface area contributed by atoms with E-state index in [1.165, 1.54) is 7.11 Å². The number of Topliss-reactive ketones (excluding diaryl/α,β-unsaturated/α-hetero) is 1. The first-order valence-electron chi connectivity index (χ1n) is 12.2. The standard InChI is InChI=1S/C28H35ClN2O4/c1-6-30(7-2)15-8-16-31-25(20-11-9-19(10-12-20)18(3)4)24(27(33)28(31)34)26(32)21-13-14-23(35-5)22(29)17-21/h9-14,17-18,25,32H,6-8,15-16H2,1-5H3/b26-24-. The van der Waals surface area contributed by atoms with Crippen molar-refractivity contribution in [2.75, 3.05) is 33.3 Å². The minimum Gasteiger partial charge on any atom is -0.507 e. The second-order valence-corrected chi connectivity index (χ2v) is 9.45. The molecule has 0 spiro atoms. The van der Waals surface area contributed by atoms with E-state index in [4.69, 9.17) is 16.3 Å². The average Bonchev–Trinajstić information content (AvgIpc) is 3.11. The van der Waals surface area contributed by atoms with Gasteiger partial charge >= 0.3 is 0 Å². The molecule has 7 heteroatoms. The Hall–Kier alpha value is -2.83. The SMILES string of the molecule is CCN(CC)CCCN1C(=O)C(=O)/C(=C(\O)c2ccc(OC)c(Cl)c2)C1c1ccc(C(C)C)cc1. The first-order valence-corrected chi connectivity index (χ1v) is 12.6. The van der Waals surface area contributed by atoms with Gasteiger partial charge in [0, 0.05) is 12.1 Å². The van der Waals surface area contributed by atoms with Crippen LogP contribution < -0.4 is 4.74 Å². The Bertz CT molecular complexity index is 1090. The van der Waals surface area contributed by atoms with Gasteiger partial charge in [-0.1, -0.05) is 63.6 Å². The van der Waals surface area contributed by atoms with Crippen LogP contribution >= 0.6 is 11.6 Å². The van der Waals surface area contributed by atoms with Crippen LogP contribution in [0.3, 0.4) is 0 Å². The number of methoxy groups -OCH3 is 1. The molecule has 0 aromatic heterocycles. The molecule has 1 atom stereocenters. The molecule has 35 heavy (non-hydrogen) atoms. The van der Waals surface area contributed by atoms with E-state index in [1.54, 1.807) is 23.1 Å². The number of ether oxygens (including phenoxy) is 1. The summed E-state index contributed by atoms with van der Waals surface area (Å²) in [6.07, 6.45) is 0.726. The Kier molecular flexibility index (Phi) is 8.98. The smallest absolute Gasteiger partial charge is 0.295 e. The molecule has 1 aliphatic heterocycles. The topological polar surface area (TPSA) is 70.1 Å². The third kappa shape index (κ3) is 5.71. The number of carbonyl (C=O) groups excluding carboxylic acids is 2. The molecule has 2 aromatic rings. The minimum atomic E-state index is -0.685. The van der Waals surface area contributed by atoms with Crippen molar-refractivity contribution in [3.63, 3.8) is 0 Å². The Morgan fingerprint density at radius 3 is 2.31 bits per heavy atom. The molecule has 0 bridgehead atoms. The van der Waals surface area contributed by atoms with Crippen molar-refractivity contribution in [2.45, 2.75) is 46.1 Å². The van der Waals surface area contributed by atoms with E-state index >= 15 is 0 Å². The quantitative estimate of drug-likeness (QED) is 0.261. The molecule has 1 amide bonds. The summed E-state index contributed by atoms with van der Waals surface area (Å²) in [5, 5.41) is 11.6. The molecule has 0 saturated carbocycles. The van der Waals surface area contributed by atoms with Crippen molar-refractivity contribution >= 4 is 29.1 Å². The van der Waals surface area contributed by atoms with Crippen LogP contribution in [0.4, 0.5) is 0 Å². The molecule has 1 unspecified atom stereocenters. The lowest BCUT2D eigenvalue weighted by molar-refractivity contribution is -0.140. The van der Waals surface area contributed by atoms with Gasteiger partial charge < -0.3 is 19.6 Å². The highest BCUT2D eigenvalue weighted by molar-refractivity contribution is 6.46. The zero-order chi connectivity index (χ0) is 25.7. The first kappa shape index (κ1) is 26.8. The van der Waals surface area contributed by atoms with E-state index in [2.05, 4.69) is 32.6 Å². The molecule has 1 aliphatic rings. The number of hydrogen-bond donors (Lipinski definition) is 1. The number of aliphatic hydroxyl groups is 1. The summed E-state index contributed by atoms with van der Waals surface area (Å²) < 4.78 is 5.20. The molecule has 1 heterocycles. The van der Waals surface area contributed by atoms with Gasteiger partial charge in [0.1, 0.15) is 11.5 Å². The molecular formula is C28H35ClN2O4. The Morgan fingerprint density at radius 1 is 1.11 bits per heavy atom. The Labute approximate surface area is 213 Å². The van der Waals surface area contributed by atoms with Crippen LogP contribution in [0.1, 0.15) is 62.8 Å². The van der Waals surface area contributed by atoms with Gasteiger partial charge in [0.25, 0.3) is 11.7 Å². The fourth-order valence-electron chi connectivity index (χ4n) is 4.49. The van der Waals surface area contributed by atoms with E-state index in [0.717, 1.165) is 37.2 Å². The molecule has 1 N–H and O–H groups in total. The number of ketones is 1. The molecule has 3 rings (SSSR count). The fourth-order valence-corrected chi connectivity index (χ4v) is 4.75. The van der Waals surface area contributed by atoms with E-state index in [1.807, 2.05) is 24.3 Å². The summed E-state index contributed by atoms with van der Waals surface area (Å²) in [6.45, 7) is 11.5. The Balaban J connectivity index is 2.06. The Morgan fingerprint density at radius 2 is 1.77 bits per heavy atom. The number of amides is 1. The van der Waals surface area contributed by atoms with Gasteiger partial charge in [-0.05, 0) is 61.3 Å². The number of halogens is 1. The lowest BCUT2D eigenvalue weighted by Gasteiger charge is -2.27. The van der Waals surface area contributed by atoms with E-state index in [9.17, 15) is 14.7 Å². The maximum atomic E-state index is 13.2. The van der Waals surface area contributed by atoms with Gasteiger partial charge in [-0.2, -0.15) is 0 Å². The van der Waals surface area contributed by atoms with Crippen LogP contribution in [0.25, 0.3) is 5.76 Å². The minimum absolute atomic E-state index is 0.0800. The second kappa shape index (κ2) is 11.7. The summed E-state index contributed by atoms with van der Waals surface area (Å²) in [6, 6.07) is 12.0. The van der Waals surface area contributed by atoms with E-state index < -0.39 is 17.7 Å². The van der Waals surface area contributed by atoms with Crippen LogP contribution in [-0.4, -0.2) is 59.9 Å². The number of nitrogens with zero attached hydrogens (tertiary/aromatic N) is 2. The van der Waals surface area contributed by atoms with Crippen molar-refractivity contribution < 1.29 is 19.4 Å². The number of benzene rings is 2. The number of carbonyl (C=O) groups is 2.